The van der Waals surface area contributed by atoms with Crippen LogP contribution in [0.5, 0.6) is 0 Å². The van der Waals surface area contributed by atoms with Gasteiger partial charge in [-0.2, -0.15) is 13.2 Å². The van der Waals surface area contributed by atoms with E-state index >= 15 is 0 Å². The molecule has 0 heterocycles. The minimum Gasteiger partial charge on any atom is -0.383 e. The lowest BCUT2D eigenvalue weighted by atomic mass is 10.1. The summed E-state index contributed by atoms with van der Waals surface area (Å²) in [5, 5.41) is 0. The Hall–Kier alpha value is -1.12. The maximum Gasteiger partial charge on any atom is 0.416 e. The van der Waals surface area contributed by atoms with Crippen LogP contribution in [0.25, 0.3) is 0 Å². The molecule has 0 fully saturated rings. The molecule has 0 aliphatic rings. The number of ether oxygens (including phenoxy) is 1. The Morgan fingerprint density at radius 2 is 1.95 bits per heavy atom. The summed E-state index contributed by atoms with van der Waals surface area (Å²) >= 11 is 0. The molecule has 4 nitrogen and oxygen atoms in total. The first kappa shape index (κ1) is 15.9. The average molecular weight is 297 g/mol. The van der Waals surface area contributed by atoms with Crippen molar-refractivity contribution in [3.63, 3.8) is 0 Å². The molecule has 19 heavy (non-hydrogen) atoms. The van der Waals surface area contributed by atoms with E-state index < -0.39 is 21.8 Å². The molecule has 0 unspecified atom stereocenters. The zero-order valence-corrected chi connectivity index (χ0v) is 11.2. The average Bonchev–Trinajstić information content (AvgIpc) is 2.27. The molecule has 0 aliphatic carbocycles. The van der Waals surface area contributed by atoms with Gasteiger partial charge < -0.3 is 4.74 Å². The third kappa shape index (κ3) is 3.92. The summed E-state index contributed by atoms with van der Waals surface area (Å²) in [6, 6.07) is 3.06. The Balaban J connectivity index is 3.15. The van der Waals surface area contributed by atoms with Gasteiger partial charge in [-0.05, 0) is 24.6 Å². The Morgan fingerprint density at radius 1 is 1.32 bits per heavy atom. The van der Waals surface area contributed by atoms with Crippen molar-refractivity contribution in [3.05, 3.63) is 29.3 Å². The van der Waals surface area contributed by atoms with Crippen molar-refractivity contribution in [2.75, 3.05) is 20.3 Å². The molecule has 1 aromatic carbocycles. The maximum atomic E-state index is 12.7. The van der Waals surface area contributed by atoms with E-state index in [0.717, 1.165) is 25.1 Å². The summed E-state index contributed by atoms with van der Waals surface area (Å²) in [6.07, 6.45) is -4.58. The van der Waals surface area contributed by atoms with Crippen molar-refractivity contribution < 1.29 is 26.3 Å². The summed E-state index contributed by atoms with van der Waals surface area (Å²) in [5.41, 5.74) is -1.28. The lowest BCUT2D eigenvalue weighted by Crippen LogP contribution is -2.28. The molecule has 0 saturated heterocycles. The number of methoxy groups -OCH3 is 1. The number of sulfonamides is 1. The van der Waals surface area contributed by atoms with Gasteiger partial charge in [0.2, 0.25) is 10.0 Å². The summed E-state index contributed by atoms with van der Waals surface area (Å²) in [6.45, 7) is 1.26. The predicted molar refractivity (Wildman–Crippen MR) is 63.2 cm³/mol. The minimum atomic E-state index is -4.58. The molecule has 0 aliphatic heterocycles. The van der Waals surface area contributed by atoms with Crippen molar-refractivity contribution in [1.82, 2.24) is 4.72 Å². The summed E-state index contributed by atoms with van der Waals surface area (Å²) < 4.78 is 68.7. The normalized spacial score (nSPS) is 12.7. The van der Waals surface area contributed by atoms with E-state index in [1.165, 1.54) is 7.11 Å². The second kappa shape index (κ2) is 5.89. The van der Waals surface area contributed by atoms with Gasteiger partial charge >= 0.3 is 6.18 Å². The van der Waals surface area contributed by atoms with Crippen LogP contribution >= 0.6 is 0 Å². The van der Waals surface area contributed by atoms with Gasteiger partial charge in [-0.3, -0.25) is 0 Å². The summed E-state index contributed by atoms with van der Waals surface area (Å²) in [5.74, 6) is 0. The Morgan fingerprint density at radius 3 is 2.47 bits per heavy atom. The Bertz CT molecular complexity index is 541. The first-order valence-electron chi connectivity index (χ1n) is 5.35. The van der Waals surface area contributed by atoms with E-state index in [9.17, 15) is 21.6 Å². The van der Waals surface area contributed by atoms with Gasteiger partial charge in [0, 0.05) is 13.7 Å². The molecular weight excluding hydrogens is 283 g/mol. The van der Waals surface area contributed by atoms with Crippen molar-refractivity contribution in [2.45, 2.75) is 18.0 Å². The quantitative estimate of drug-likeness (QED) is 0.845. The van der Waals surface area contributed by atoms with Crippen LogP contribution in [-0.4, -0.2) is 28.7 Å². The van der Waals surface area contributed by atoms with Crippen LogP contribution in [0.4, 0.5) is 13.2 Å². The highest BCUT2D eigenvalue weighted by molar-refractivity contribution is 7.89. The number of alkyl halides is 3. The standard InChI is InChI=1S/C11H14F3NO3S/c1-8-9(11(12,13)14)4-3-5-10(8)19(16,17)15-6-7-18-2/h3-5,15H,6-7H2,1-2H3. The van der Waals surface area contributed by atoms with Crippen molar-refractivity contribution in [2.24, 2.45) is 0 Å². The van der Waals surface area contributed by atoms with Crippen LogP contribution in [0.2, 0.25) is 0 Å². The first-order chi connectivity index (χ1) is 8.70. The van der Waals surface area contributed by atoms with Crippen LogP contribution in [0.1, 0.15) is 11.1 Å². The van der Waals surface area contributed by atoms with Crippen LogP contribution < -0.4 is 4.72 Å². The third-order valence-electron chi connectivity index (χ3n) is 2.48. The van der Waals surface area contributed by atoms with E-state index in [0.29, 0.717) is 0 Å². The number of halogens is 3. The van der Waals surface area contributed by atoms with Crippen LogP contribution in [-0.2, 0) is 20.9 Å². The molecular formula is C11H14F3NO3S. The molecule has 108 valence electrons. The molecule has 0 bridgehead atoms. The Kier molecular flexibility index (Phi) is 4.94. The second-order valence-electron chi connectivity index (χ2n) is 3.82. The summed E-state index contributed by atoms with van der Waals surface area (Å²) in [7, 11) is -2.58. The Labute approximate surface area is 109 Å². The van der Waals surface area contributed by atoms with Gasteiger partial charge in [0.25, 0.3) is 0 Å². The highest BCUT2D eigenvalue weighted by atomic mass is 32.2. The van der Waals surface area contributed by atoms with Crippen molar-refractivity contribution in [1.29, 1.82) is 0 Å². The topological polar surface area (TPSA) is 55.4 Å². The highest BCUT2D eigenvalue weighted by Gasteiger charge is 2.34. The molecule has 1 aromatic rings. The SMILES string of the molecule is COCCNS(=O)(=O)c1cccc(C(F)(F)F)c1C. The molecule has 1 rings (SSSR count). The molecule has 8 heteroatoms. The van der Waals surface area contributed by atoms with Gasteiger partial charge in [0.1, 0.15) is 0 Å². The fourth-order valence-corrected chi connectivity index (χ4v) is 2.85. The smallest absolute Gasteiger partial charge is 0.383 e. The van der Waals surface area contributed by atoms with Gasteiger partial charge in [0.05, 0.1) is 17.1 Å². The van der Waals surface area contributed by atoms with E-state index in [1.54, 1.807) is 0 Å². The fourth-order valence-electron chi connectivity index (χ4n) is 1.57. The second-order valence-corrected chi connectivity index (χ2v) is 5.55. The lowest BCUT2D eigenvalue weighted by Gasteiger charge is -2.14. The number of hydrogen-bond donors (Lipinski definition) is 1. The van der Waals surface area contributed by atoms with Gasteiger partial charge in [-0.1, -0.05) is 6.07 Å². The van der Waals surface area contributed by atoms with Crippen molar-refractivity contribution in [3.8, 4) is 0 Å². The van der Waals surface area contributed by atoms with E-state index in [-0.39, 0.29) is 23.6 Å². The van der Waals surface area contributed by atoms with E-state index in [2.05, 4.69) is 9.46 Å². The molecule has 0 amide bonds. The monoisotopic (exact) mass is 297 g/mol. The number of benzene rings is 1. The van der Waals surface area contributed by atoms with Gasteiger partial charge in [0.15, 0.2) is 0 Å². The van der Waals surface area contributed by atoms with Gasteiger partial charge in [-0.15, -0.1) is 0 Å². The third-order valence-corrected chi connectivity index (χ3v) is 4.08. The van der Waals surface area contributed by atoms with Crippen LogP contribution in [0, 0.1) is 6.92 Å². The van der Waals surface area contributed by atoms with Crippen LogP contribution in [0.3, 0.4) is 0 Å². The minimum absolute atomic E-state index is 0.00544. The molecule has 0 atom stereocenters. The zero-order valence-electron chi connectivity index (χ0n) is 10.4. The largest absolute Gasteiger partial charge is 0.416 e. The molecule has 0 radical (unpaired) electrons. The first-order valence-corrected chi connectivity index (χ1v) is 6.84. The van der Waals surface area contributed by atoms with Crippen LogP contribution in [0.15, 0.2) is 23.1 Å². The molecule has 0 saturated carbocycles. The van der Waals surface area contributed by atoms with Gasteiger partial charge in [-0.25, -0.2) is 13.1 Å². The van der Waals surface area contributed by atoms with E-state index in [4.69, 9.17) is 0 Å². The highest BCUT2D eigenvalue weighted by Crippen LogP contribution is 2.33. The number of nitrogens with one attached hydrogen (secondary N) is 1. The summed E-state index contributed by atoms with van der Waals surface area (Å²) in [4.78, 5) is -0.376. The molecule has 0 spiro atoms. The maximum absolute atomic E-state index is 12.7. The molecule has 0 aromatic heterocycles. The van der Waals surface area contributed by atoms with E-state index in [1.807, 2.05) is 0 Å². The lowest BCUT2D eigenvalue weighted by molar-refractivity contribution is -0.138. The number of hydrogen-bond acceptors (Lipinski definition) is 3. The van der Waals surface area contributed by atoms with Crippen molar-refractivity contribution >= 4 is 10.0 Å². The molecule has 1 N–H and O–H groups in total. The number of rotatable bonds is 5. The zero-order chi connectivity index (χ0) is 14.7. The fraction of sp³-hybridized carbons (Fsp3) is 0.455. The predicted octanol–water partition coefficient (Wildman–Crippen LogP) is 1.94.